The Morgan fingerprint density at radius 2 is 2.47 bits per heavy atom. The number of aromatic nitrogens is 2. The molecule has 0 radical (unpaired) electrons. The summed E-state index contributed by atoms with van der Waals surface area (Å²) in [5.74, 6) is 0. The number of nitrogens with one attached hydrogen (secondary N) is 1. The molecule has 2 N–H and O–H groups in total. The number of aryl methyl sites for hydroxylation is 1. The van der Waals surface area contributed by atoms with E-state index in [1.54, 1.807) is 18.0 Å². The second-order valence-corrected chi connectivity index (χ2v) is 3.28. The molecule has 5 nitrogen and oxygen atoms in total. The molecule has 0 saturated heterocycles. The summed E-state index contributed by atoms with van der Waals surface area (Å²) < 4.78 is 6.69. The van der Waals surface area contributed by atoms with Crippen LogP contribution in [0.4, 0.5) is 0 Å². The van der Waals surface area contributed by atoms with Crippen LogP contribution >= 0.6 is 0 Å². The quantitative estimate of drug-likeness (QED) is 0.634. The summed E-state index contributed by atoms with van der Waals surface area (Å²) in [5, 5.41) is 17.1. The van der Waals surface area contributed by atoms with Gasteiger partial charge in [0, 0.05) is 32.9 Å². The molecule has 0 aliphatic rings. The van der Waals surface area contributed by atoms with E-state index in [2.05, 4.69) is 10.4 Å². The Morgan fingerprint density at radius 3 is 3.13 bits per heavy atom. The summed E-state index contributed by atoms with van der Waals surface area (Å²) >= 11 is 0. The van der Waals surface area contributed by atoms with Gasteiger partial charge in [-0.2, -0.15) is 5.10 Å². The average molecular weight is 213 g/mol. The normalized spacial score (nSPS) is 13.0. The molecular weight excluding hydrogens is 194 g/mol. The predicted octanol–water partition coefficient (Wildman–Crippen LogP) is 0.172. The average Bonchev–Trinajstić information content (AvgIpc) is 2.72. The molecule has 0 aliphatic heterocycles. The zero-order valence-corrected chi connectivity index (χ0v) is 9.31. The zero-order chi connectivity index (χ0) is 11.1. The molecule has 15 heavy (non-hydrogen) atoms. The Balaban J connectivity index is 2.36. The number of nitrogens with zero attached hydrogens (tertiary/aromatic N) is 2. The van der Waals surface area contributed by atoms with Crippen molar-refractivity contribution < 1.29 is 9.84 Å². The Kier molecular flexibility index (Phi) is 5.31. The first-order chi connectivity index (χ1) is 7.29. The fraction of sp³-hybridized carbons (Fsp3) is 0.700. The third-order valence-corrected chi connectivity index (χ3v) is 2.21. The number of hydrogen-bond donors (Lipinski definition) is 2. The number of aliphatic hydroxyl groups excluding tert-OH is 1. The molecule has 1 aromatic rings. The van der Waals surface area contributed by atoms with Gasteiger partial charge in [-0.05, 0) is 13.0 Å². The van der Waals surface area contributed by atoms with Crippen LogP contribution in [0.1, 0.15) is 18.7 Å². The summed E-state index contributed by atoms with van der Waals surface area (Å²) in [7, 11) is 1.66. The molecule has 1 atom stereocenters. The molecule has 0 bridgehead atoms. The molecule has 0 amide bonds. The highest BCUT2D eigenvalue weighted by Crippen LogP contribution is 2.10. The van der Waals surface area contributed by atoms with E-state index in [-0.39, 0.29) is 0 Å². The van der Waals surface area contributed by atoms with Gasteiger partial charge in [-0.25, -0.2) is 0 Å². The molecular formula is C10H19N3O2. The first kappa shape index (κ1) is 12.2. The van der Waals surface area contributed by atoms with E-state index in [1.807, 2.05) is 13.0 Å². The predicted molar refractivity (Wildman–Crippen MR) is 57.6 cm³/mol. The van der Waals surface area contributed by atoms with Gasteiger partial charge in [0.1, 0.15) is 6.10 Å². The Bertz CT molecular complexity index is 275. The van der Waals surface area contributed by atoms with E-state index in [4.69, 9.17) is 4.74 Å². The maximum Gasteiger partial charge on any atom is 0.108 e. The minimum atomic E-state index is -0.510. The first-order valence-corrected chi connectivity index (χ1v) is 5.19. The highest BCUT2D eigenvalue weighted by atomic mass is 16.5. The van der Waals surface area contributed by atoms with Crippen LogP contribution in [0.25, 0.3) is 0 Å². The SMILES string of the molecule is CCn1nccc1C(O)CNCCOC. The van der Waals surface area contributed by atoms with Crippen molar-refractivity contribution in [3.8, 4) is 0 Å². The smallest absolute Gasteiger partial charge is 0.108 e. The lowest BCUT2D eigenvalue weighted by molar-refractivity contribution is 0.153. The van der Waals surface area contributed by atoms with E-state index in [0.717, 1.165) is 18.8 Å². The molecule has 1 unspecified atom stereocenters. The van der Waals surface area contributed by atoms with Gasteiger partial charge in [-0.15, -0.1) is 0 Å². The molecule has 0 fully saturated rings. The number of methoxy groups -OCH3 is 1. The van der Waals surface area contributed by atoms with Crippen LogP contribution in [0, 0.1) is 0 Å². The molecule has 1 heterocycles. The summed E-state index contributed by atoms with van der Waals surface area (Å²) in [6.07, 6.45) is 1.20. The number of hydrogen-bond acceptors (Lipinski definition) is 4. The van der Waals surface area contributed by atoms with E-state index in [1.165, 1.54) is 0 Å². The molecule has 0 aliphatic carbocycles. The molecule has 86 valence electrons. The summed E-state index contributed by atoms with van der Waals surface area (Å²) in [4.78, 5) is 0. The van der Waals surface area contributed by atoms with Gasteiger partial charge in [0.2, 0.25) is 0 Å². The lowest BCUT2D eigenvalue weighted by Gasteiger charge is -2.13. The van der Waals surface area contributed by atoms with Crippen molar-refractivity contribution in [1.82, 2.24) is 15.1 Å². The van der Waals surface area contributed by atoms with E-state index in [9.17, 15) is 5.11 Å². The van der Waals surface area contributed by atoms with Crippen LogP contribution in [0.3, 0.4) is 0 Å². The largest absolute Gasteiger partial charge is 0.385 e. The number of aliphatic hydroxyl groups is 1. The molecule has 0 saturated carbocycles. The maximum atomic E-state index is 9.86. The summed E-state index contributed by atoms with van der Waals surface area (Å²) in [6, 6.07) is 1.84. The van der Waals surface area contributed by atoms with E-state index in [0.29, 0.717) is 13.2 Å². The van der Waals surface area contributed by atoms with E-state index < -0.39 is 6.10 Å². The minimum Gasteiger partial charge on any atom is -0.385 e. The Labute approximate surface area is 90.1 Å². The van der Waals surface area contributed by atoms with Crippen molar-refractivity contribution in [2.24, 2.45) is 0 Å². The first-order valence-electron chi connectivity index (χ1n) is 5.19. The van der Waals surface area contributed by atoms with Crippen LogP contribution in [0.5, 0.6) is 0 Å². The second kappa shape index (κ2) is 6.55. The molecule has 1 aromatic heterocycles. The fourth-order valence-corrected chi connectivity index (χ4v) is 1.41. The third kappa shape index (κ3) is 3.62. The zero-order valence-electron chi connectivity index (χ0n) is 9.31. The Hall–Kier alpha value is -0.910. The standard InChI is InChI=1S/C10H19N3O2/c1-3-13-9(4-5-12-13)10(14)8-11-6-7-15-2/h4-5,10-11,14H,3,6-8H2,1-2H3. The number of rotatable bonds is 7. The molecule has 1 rings (SSSR count). The highest BCUT2D eigenvalue weighted by Gasteiger charge is 2.11. The summed E-state index contributed by atoms with van der Waals surface area (Å²) in [6.45, 7) is 4.70. The van der Waals surface area contributed by atoms with Crippen molar-refractivity contribution >= 4 is 0 Å². The van der Waals surface area contributed by atoms with Gasteiger partial charge in [0.25, 0.3) is 0 Å². The second-order valence-electron chi connectivity index (χ2n) is 3.28. The maximum absolute atomic E-state index is 9.86. The van der Waals surface area contributed by atoms with Crippen LogP contribution in [-0.4, -0.2) is 41.7 Å². The van der Waals surface area contributed by atoms with E-state index >= 15 is 0 Å². The lowest BCUT2D eigenvalue weighted by Crippen LogP contribution is -2.26. The van der Waals surface area contributed by atoms with Crippen LogP contribution in [-0.2, 0) is 11.3 Å². The van der Waals surface area contributed by atoms with Crippen molar-refractivity contribution in [2.45, 2.75) is 19.6 Å². The van der Waals surface area contributed by atoms with Crippen molar-refractivity contribution in [3.05, 3.63) is 18.0 Å². The van der Waals surface area contributed by atoms with Gasteiger partial charge in [0.05, 0.1) is 12.3 Å². The lowest BCUT2D eigenvalue weighted by atomic mass is 10.2. The third-order valence-electron chi connectivity index (χ3n) is 2.21. The minimum absolute atomic E-state index is 0.510. The van der Waals surface area contributed by atoms with Crippen molar-refractivity contribution in [1.29, 1.82) is 0 Å². The molecule has 0 spiro atoms. The van der Waals surface area contributed by atoms with Gasteiger partial charge in [-0.3, -0.25) is 4.68 Å². The van der Waals surface area contributed by atoms with Crippen LogP contribution in [0.15, 0.2) is 12.3 Å². The highest BCUT2D eigenvalue weighted by molar-refractivity contribution is 5.04. The number of ether oxygens (including phenoxy) is 1. The molecule has 5 heteroatoms. The molecule has 0 aromatic carbocycles. The van der Waals surface area contributed by atoms with Crippen molar-refractivity contribution in [2.75, 3.05) is 26.8 Å². The van der Waals surface area contributed by atoms with Crippen molar-refractivity contribution in [3.63, 3.8) is 0 Å². The van der Waals surface area contributed by atoms with Gasteiger partial charge in [-0.1, -0.05) is 0 Å². The van der Waals surface area contributed by atoms with Gasteiger partial charge >= 0.3 is 0 Å². The van der Waals surface area contributed by atoms with Crippen LogP contribution in [0.2, 0.25) is 0 Å². The summed E-state index contributed by atoms with van der Waals surface area (Å²) in [5.41, 5.74) is 0.849. The van der Waals surface area contributed by atoms with Gasteiger partial charge < -0.3 is 15.2 Å². The monoisotopic (exact) mass is 213 g/mol. The fourth-order valence-electron chi connectivity index (χ4n) is 1.41. The Morgan fingerprint density at radius 1 is 1.67 bits per heavy atom. The van der Waals surface area contributed by atoms with Crippen LogP contribution < -0.4 is 5.32 Å². The topological polar surface area (TPSA) is 59.3 Å². The van der Waals surface area contributed by atoms with Gasteiger partial charge in [0.15, 0.2) is 0 Å².